The van der Waals surface area contributed by atoms with E-state index in [1.165, 1.54) is 0 Å². The quantitative estimate of drug-likeness (QED) is 0.862. The number of hydrogen-bond acceptors (Lipinski definition) is 3. The van der Waals surface area contributed by atoms with Crippen molar-refractivity contribution in [1.29, 1.82) is 0 Å². The molecule has 1 heterocycles. The number of carbonyl (C=O) groups is 1. The lowest BCUT2D eigenvalue weighted by Gasteiger charge is -2.02. The van der Waals surface area contributed by atoms with Crippen molar-refractivity contribution in [3.63, 3.8) is 0 Å². The Morgan fingerprint density at radius 3 is 2.67 bits per heavy atom. The van der Waals surface area contributed by atoms with Crippen LogP contribution >= 0.6 is 0 Å². The first-order chi connectivity index (χ1) is 8.66. The standard InChI is InChI=1S/C13H16N4O/c1-9(2)11-15-12(17-16-11)13(18)14-8-10-6-4-3-5-7-10/h3-7,9H,8H2,1-2H3,(H,14,18)(H,15,16,17). The average molecular weight is 244 g/mol. The minimum Gasteiger partial charge on any atom is -0.345 e. The number of aromatic amines is 1. The van der Waals surface area contributed by atoms with E-state index in [0.29, 0.717) is 6.54 Å². The first kappa shape index (κ1) is 12.3. The average Bonchev–Trinajstić information content (AvgIpc) is 2.87. The highest BCUT2D eigenvalue weighted by atomic mass is 16.2. The molecule has 0 bridgehead atoms. The molecule has 0 saturated carbocycles. The van der Waals surface area contributed by atoms with Crippen molar-refractivity contribution in [2.24, 2.45) is 0 Å². The van der Waals surface area contributed by atoms with Gasteiger partial charge in [0.25, 0.3) is 5.91 Å². The number of carbonyl (C=O) groups excluding carboxylic acids is 1. The van der Waals surface area contributed by atoms with Gasteiger partial charge in [-0.1, -0.05) is 44.2 Å². The molecule has 2 rings (SSSR count). The molecule has 0 spiro atoms. The third-order valence-corrected chi connectivity index (χ3v) is 2.55. The molecule has 2 aromatic rings. The number of rotatable bonds is 4. The molecule has 0 unspecified atom stereocenters. The molecular weight excluding hydrogens is 228 g/mol. The second kappa shape index (κ2) is 5.44. The van der Waals surface area contributed by atoms with Crippen LogP contribution in [0.3, 0.4) is 0 Å². The van der Waals surface area contributed by atoms with Crippen LogP contribution in [0.2, 0.25) is 0 Å². The molecule has 0 radical (unpaired) electrons. The predicted octanol–water partition coefficient (Wildman–Crippen LogP) is 1.86. The van der Waals surface area contributed by atoms with E-state index < -0.39 is 0 Å². The molecule has 1 aromatic heterocycles. The van der Waals surface area contributed by atoms with Gasteiger partial charge in [-0.2, -0.15) is 0 Å². The fraction of sp³-hybridized carbons (Fsp3) is 0.308. The summed E-state index contributed by atoms with van der Waals surface area (Å²) in [6, 6.07) is 9.72. The van der Waals surface area contributed by atoms with E-state index in [1.54, 1.807) is 0 Å². The van der Waals surface area contributed by atoms with E-state index in [9.17, 15) is 4.79 Å². The number of hydrogen-bond donors (Lipinski definition) is 2. The van der Waals surface area contributed by atoms with Crippen LogP contribution in [-0.4, -0.2) is 21.1 Å². The number of H-pyrrole nitrogens is 1. The zero-order chi connectivity index (χ0) is 13.0. The van der Waals surface area contributed by atoms with Gasteiger partial charge in [0.05, 0.1) is 0 Å². The number of amides is 1. The second-order valence-corrected chi connectivity index (χ2v) is 4.37. The minimum atomic E-state index is -0.262. The summed E-state index contributed by atoms with van der Waals surface area (Å²) in [6.45, 7) is 4.46. The van der Waals surface area contributed by atoms with Crippen LogP contribution in [0.5, 0.6) is 0 Å². The van der Waals surface area contributed by atoms with Crippen LogP contribution in [0.15, 0.2) is 30.3 Å². The maximum atomic E-state index is 11.8. The first-order valence-electron chi connectivity index (χ1n) is 5.91. The van der Waals surface area contributed by atoms with Crippen molar-refractivity contribution in [2.75, 3.05) is 0 Å². The molecule has 94 valence electrons. The third-order valence-electron chi connectivity index (χ3n) is 2.55. The predicted molar refractivity (Wildman–Crippen MR) is 68.1 cm³/mol. The lowest BCUT2D eigenvalue weighted by molar-refractivity contribution is 0.0941. The Morgan fingerprint density at radius 1 is 1.33 bits per heavy atom. The summed E-state index contributed by atoms with van der Waals surface area (Å²) in [4.78, 5) is 15.9. The van der Waals surface area contributed by atoms with Crippen LogP contribution in [0.25, 0.3) is 0 Å². The Hall–Kier alpha value is -2.17. The Bertz CT molecular complexity index is 519. The molecule has 0 aliphatic rings. The second-order valence-electron chi connectivity index (χ2n) is 4.37. The summed E-state index contributed by atoms with van der Waals surface area (Å²) in [7, 11) is 0. The molecule has 0 saturated heterocycles. The molecule has 5 heteroatoms. The van der Waals surface area contributed by atoms with Gasteiger partial charge < -0.3 is 5.32 Å². The van der Waals surface area contributed by atoms with Crippen molar-refractivity contribution in [2.45, 2.75) is 26.3 Å². The lowest BCUT2D eigenvalue weighted by atomic mass is 10.2. The Labute approximate surface area is 106 Å². The molecule has 5 nitrogen and oxygen atoms in total. The Morgan fingerprint density at radius 2 is 2.06 bits per heavy atom. The zero-order valence-corrected chi connectivity index (χ0v) is 10.5. The number of nitrogens with one attached hydrogen (secondary N) is 2. The summed E-state index contributed by atoms with van der Waals surface area (Å²) in [6.07, 6.45) is 0. The fourth-order valence-electron chi connectivity index (χ4n) is 1.49. The first-order valence-corrected chi connectivity index (χ1v) is 5.91. The number of nitrogens with zero attached hydrogens (tertiary/aromatic N) is 2. The van der Waals surface area contributed by atoms with Crippen LogP contribution in [0, 0.1) is 0 Å². The summed E-state index contributed by atoms with van der Waals surface area (Å²) in [5.74, 6) is 0.879. The highest BCUT2D eigenvalue weighted by molar-refractivity contribution is 5.90. The van der Waals surface area contributed by atoms with Crippen LogP contribution in [0.1, 0.15) is 41.8 Å². The smallest absolute Gasteiger partial charge is 0.291 e. The summed E-state index contributed by atoms with van der Waals surface area (Å²) < 4.78 is 0. The third kappa shape index (κ3) is 2.94. The van der Waals surface area contributed by atoms with Gasteiger partial charge in [-0.15, -0.1) is 5.10 Å². The SMILES string of the molecule is CC(C)c1nc(C(=O)NCc2ccccc2)n[nH]1. The van der Waals surface area contributed by atoms with Gasteiger partial charge in [0.1, 0.15) is 5.82 Å². The van der Waals surface area contributed by atoms with Crippen molar-refractivity contribution in [3.05, 3.63) is 47.5 Å². The summed E-state index contributed by atoms with van der Waals surface area (Å²) >= 11 is 0. The van der Waals surface area contributed by atoms with Gasteiger partial charge in [0.2, 0.25) is 5.82 Å². The highest BCUT2D eigenvalue weighted by Crippen LogP contribution is 2.07. The largest absolute Gasteiger partial charge is 0.345 e. The number of benzene rings is 1. The van der Waals surface area contributed by atoms with Gasteiger partial charge >= 0.3 is 0 Å². The topological polar surface area (TPSA) is 70.7 Å². The summed E-state index contributed by atoms with van der Waals surface area (Å²) in [5, 5.41) is 9.45. The molecule has 0 aliphatic carbocycles. The van der Waals surface area contributed by atoms with E-state index in [4.69, 9.17) is 0 Å². The van der Waals surface area contributed by atoms with E-state index in [1.807, 2.05) is 44.2 Å². The Kier molecular flexibility index (Phi) is 3.72. The van der Waals surface area contributed by atoms with Crippen molar-refractivity contribution >= 4 is 5.91 Å². The van der Waals surface area contributed by atoms with E-state index in [0.717, 1.165) is 11.4 Å². The maximum absolute atomic E-state index is 11.8. The monoisotopic (exact) mass is 244 g/mol. The van der Waals surface area contributed by atoms with Gasteiger partial charge in [-0.3, -0.25) is 9.89 Å². The van der Waals surface area contributed by atoms with E-state index >= 15 is 0 Å². The van der Waals surface area contributed by atoms with Crippen LogP contribution in [-0.2, 0) is 6.54 Å². The maximum Gasteiger partial charge on any atom is 0.291 e. The zero-order valence-electron chi connectivity index (χ0n) is 10.5. The minimum absolute atomic E-state index is 0.189. The summed E-state index contributed by atoms with van der Waals surface area (Å²) in [5.41, 5.74) is 1.05. The number of aromatic nitrogens is 3. The van der Waals surface area contributed by atoms with Gasteiger partial charge in [0.15, 0.2) is 0 Å². The van der Waals surface area contributed by atoms with E-state index in [2.05, 4.69) is 20.5 Å². The van der Waals surface area contributed by atoms with E-state index in [-0.39, 0.29) is 17.6 Å². The van der Waals surface area contributed by atoms with Crippen molar-refractivity contribution < 1.29 is 4.79 Å². The van der Waals surface area contributed by atoms with Gasteiger partial charge in [-0.05, 0) is 5.56 Å². The fourth-order valence-corrected chi connectivity index (χ4v) is 1.49. The molecule has 0 atom stereocenters. The molecular formula is C13H16N4O. The van der Waals surface area contributed by atoms with Crippen LogP contribution in [0.4, 0.5) is 0 Å². The molecule has 0 aliphatic heterocycles. The van der Waals surface area contributed by atoms with Crippen LogP contribution < -0.4 is 5.32 Å². The normalized spacial score (nSPS) is 10.6. The van der Waals surface area contributed by atoms with Crippen molar-refractivity contribution in [3.8, 4) is 0 Å². The highest BCUT2D eigenvalue weighted by Gasteiger charge is 2.13. The molecule has 2 N–H and O–H groups in total. The van der Waals surface area contributed by atoms with Gasteiger partial charge in [-0.25, -0.2) is 4.98 Å². The molecule has 1 amide bonds. The van der Waals surface area contributed by atoms with Crippen molar-refractivity contribution in [1.82, 2.24) is 20.5 Å². The molecule has 0 fully saturated rings. The molecule has 1 aromatic carbocycles. The lowest BCUT2D eigenvalue weighted by Crippen LogP contribution is -2.24. The Balaban J connectivity index is 1.95. The van der Waals surface area contributed by atoms with Gasteiger partial charge in [0, 0.05) is 12.5 Å². The molecule has 18 heavy (non-hydrogen) atoms.